The topological polar surface area (TPSA) is 62.6 Å². The molecular formula is C17H20BrClFN5O. The summed E-state index contributed by atoms with van der Waals surface area (Å²) in [6.07, 6.45) is 4.44. The molecule has 6 nitrogen and oxygen atoms in total. The number of aromatic nitrogens is 2. The molecule has 26 heavy (non-hydrogen) atoms. The Bertz CT molecular complexity index is 760. The number of nitrogens with one attached hydrogen (secondary N) is 1. The molecule has 0 aromatic carbocycles. The van der Waals surface area contributed by atoms with Crippen LogP contribution in [0.4, 0.5) is 16.2 Å². The van der Waals surface area contributed by atoms with E-state index in [-0.39, 0.29) is 11.8 Å². The highest BCUT2D eigenvalue weighted by atomic mass is 79.9. The summed E-state index contributed by atoms with van der Waals surface area (Å²) in [5.41, 5.74) is 4.42. The van der Waals surface area contributed by atoms with Crippen molar-refractivity contribution in [2.75, 3.05) is 36.6 Å². The fraction of sp³-hybridized carbons (Fsp3) is 0.353. The van der Waals surface area contributed by atoms with E-state index in [1.165, 1.54) is 0 Å². The minimum Gasteiger partial charge on any atom is -0.378 e. The molecule has 0 amide bonds. The molecule has 1 aliphatic heterocycles. The summed E-state index contributed by atoms with van der Waals surface area (Å²) in [5, 5.41) is 4.66. The average molecular weight is 445 g/mol. The third-order valence-corrected chi connectivity index (χ3v) is 4.31. The summed E-state index contributed by atoms with van der Waals surface area (Å²) >= 11 is 9.43. The van der Waals surface area contributed by atoms with E-state index in [2.05, 4.69) is 43.0 Å². The standard InChI is InChI=1S/C17H20BrClFN5O/c1-11(13(3)14(19)8-12(2)18)9-22-24-17-21-10-15(20)16(23-17)25-4-6-26-7-5-25/h8-10H,2,4-7H2,1,3H3,(H,21,23,24)/b13-11+,14-8+,22-9+. The first-order chi connectivity index (χ1) is 12.4. The van der Waals surface area contributed by atoms with E-state index in [0.29, 0.717) is 35.8 Å². The largest absolute Gasteiger partial charge is 0.378 e. The normalized spacial score (nSPS) is 16.7. The molecule has 9 heteroatoms. The zero-order valence-corrected chi connectivity index (χ0v) is 16.9. The molecule has 1 aromatic heterocycles. The van der Waals surface area contributed by atoms with Gasteiger partial charge in [0.15, 0.2) is 11.6 Å². The van der Waals surface area contributed by atoms with Gasteiger partial charge >= 0.3 is 0 Å². The lowest BCUT2D eigenvalue weighted by atomic mass is 10.1. The molecule has 0 unspecified atom stereocenters. The molecule has 1 aliphatic rings. The van der Waals surface area contributed by atoms with E-state index in [1.54, 1.807) is 12.3 Å². The van der Waals surface area contributed by atoms with Gasteiger partial charge in [0.1, 0.15) is 0 Å². The third-order valence-electron chi connectivity index (χ3n) is 3.69. The molecule has 0 bridgehead atoms. The van der Waals surface area contributed by atoms with Crippen LogP contribution in [0.3, 0.4) is 0 Å². The maximum atomic E-state index is 14.0. The van der Waals surface area contributed by atoms with E-state index in [9.17, 15) is 4.39 Å². The van der Waals surface area contributed by atoms with Crippen LogP contribution in [0.1, 0.15) is 13.8 Å². The number of ether oxygens (including phenoxy) is 1. The number of halogens is 3. The summed E-state index contributed by atoms with van der Waals surface area (Å²) in [6, 6.07) is 0. The summed E-state index contributed by atoms with van der Waals surface area (Å²) in [4.78, 5) is 9.93. The van der Waals surface area contributed by atoms with Gasteiger partial charge in [0.05, 0.1) is 25.6 Å². The third kappa shape index (κ3) is 5.89. The monoisotopic (exact) mass is 443 g/mol. The number of rotatable bonds is 6. The summed E-state index contributed by atoms with van der Waals surface area (Å²) in [5.74, 6) is -0.0170. The zero-order valence-electron chi connectivity index (χ0n) is 14.6. The Balaban J connectivity index is 2.09. The summed E-state index contributed by atoms with van der Waals surface area (Å²) in [6.45, 7) is 9.73. The summed E-state index contributed by atoms with van der Waals surface area (Å²) in [7, 11) is 0. The van der Waals surface area contributed by atoms with Crippen LogP contribution in [0.5, 0.6) is 0 Å². The number of hydrazone groups is 1. The second-order valence-corrected chi connectivity index (χ2v) is 7.01. The van der Waals surface area contributed by atoms with Crippen LogP contribution >= 0.6 is 27.5 Å². The molecule has 0 aliphatic carbocycles. The van der Waals surface area contributed by atoms with Gasteiger partial charge < -0.3 is 9.64 Å². The quantitative estimate of drug-likeness (QED) is 0.404. The molecule has 0 spiro atoms. The van der Waals surface area contributed by atoms with Crippen LogP contribution in [0.25, 0.3) is 0 Å². The highest BCUT2D eigenvalue weighted by molar-refractivity contribution is 9.11. The first-order valence-electron chi connectivity index (χ1n) is 7.92. The van der Waals surface area contributed by atoms with E-state index < -0.39 is 5.82 Å². The van der Waals surface area contributed by atoms with Crippen molar-refractivity contribution < 1.29 is 9.13 Å². The van der Waals surface area contributed by atoms with Gasteiger partial charge in [-0.25, -0.2) is 14.8 Å². The lowest BCUT2D eigenvalue weighted by Crippen LogP contribution is -2.37. The summed E-state index contributed by atoms with van der Waals surface area (Å²) < 4.78 is 19.9. The molecule has 1 N–H and O–H groups in total. The lowest BCUT2D eigenvalue weighted by Gasteiger charge is -2.27. The highest BCUT2D eigenvalue weighted by Crippen LogP contribution is 2.21. The fourth-order valence-corrected chi connectivity index (χ4v) is 2.77. The van der Waals surface area contributed by atoms with Gasteiger partial charge in [-0.05, 0) is 31.1 Å². The number of nitrogens with zero attached hydrogens (tertiary/aromatic N) is 4. The van der Waals surface area contributed by atoms with Gasteiger partial charge in [-0.15, -0.1) is 0 Å². The van der Waals surface area contributed by atoms with Crippen molar-refractivity contribution >= 4 is 45.5 Å². The zero-order chi connectivity index (χ0) is 19.1. The molecule has 0 radical (unpaired) electrons. The van der Waals surface area contributed by atoms with Gasteiger partial charge in [-0.1, -0.05) is 34.1 Å². The van der Waals surface area contributed by atoms with E-state index >= 15 is 0 Å². The second-order valence-electron chi connectivity index (χ2n) is 5.58. The molecule has 0 saturated carbocycles. The Labute approximate surface area is 165 Å². The average Bonchev–Trinajstić information content (AvgIpc) is 2.62. The maximum absolute atomic E-state index is 14.0. The van der Waals surface area contributed by atoms with Crippen LogP contribution in [-0.2, 0) is 4.74 Å². The second kappa shape index (κ2) is 9.80. The first kappa shape index (κ1) is 20.5. The molecule has 2 rings (SSSR count). The molecule has 0 atom stereocenters. The number of morpholine rings is 1. The number of anilines is 2. The Morgan fingerprint density at radius 1 is 1.46 bits per heavy atom. The van der Waals surface area contributed by atoms with E-state index in [0.717, 1.165) is 17.3 Å². The minimum absolute atomic E-state index is 0.213. The first-order valence-corrected chi connectivity index (χ1v) is 9.09. The van der Waals surface area contributed by atoms with Crippen LogP contribution in [-0.4, -0.2) is 42.5 Å². The predicted octanol–water partition coefficient (Wildman–Crippen LogP) is 4.22. The molecule has 2 heterocycles. The van der Waals surface area contributed by atoms with Crippen LogP contribution < -0.4 is 10.3 Å². The highest BCUT2D eigenvalue weighted by Gasteiger charge is 2.17. The van der Waals surface area contributed by atoms with Crippen molar-refractivity contribution in [2.24, 2.45) is 5.10 Å². The van der Waals surface area contributed by atoms with Crippen LogP contribution in [0, 0.1) is 5.82 Å². The Morgan fingerprint density at radius 2 is 2.15 bits per heavy atom. The lowest BCUT2D eigenvalue weighted by molar-refractivity contribution is 0.122. The number of hydrogen-bond acceptors (Lipinski definition) is 6. The minimum atomic E-state index is -0.472. The van der Waals surface area contributed by atoms with Gasteiger partial charge in [-0.3, -0.25) is 0 Å². The van der Waals surface area contributed by atoms with Crippen molar-refractivity contribution in [1.82, 2.24) is 9.97 Å². The van der Waals surface area contributed by atoms with Gasteiger partial charge in [0, 0.05) is 22.6 Å². The van der Waals surface area contributed by atoms with Crippen molar-refractivity contribution in [1.29, 1.82) is 0 Å². The van der Waals surface area contributed by atoms with E-state index in [4.69, 9.17) is 16.3 Å². The Hall–Kier alpha value is -1.77. The molecule has 1 saturated heterocycles. The van der Waals surface area contributed by atoms with Crippen LogP contribution in [0.15, 0.2) is 44.6 Å². The Kier molecular flexibility index (Phi) is 7.74. The van der Waals surface area contributed by atoms with Gasteiger partial charge in [0.2, 0.25) is 5.95 Å². The fourth-order valence-electron chi connectivity index (χ4n) is 2.13. The predicted molar refractivity (Wildman–Crippen MR) is 108 cm³/mol. The SMILES string of the molecule is C=C(Br)\C=C(Cl)/C(C)=C(C)/C=N/Nc1ncc(F)c(N2CCOCC2)n1. The molecule has 1 fully saturated rings. The smallest absolute Gasteiger partial charge is 0.245 e. The molecular weight excluding hydrogens is 425 g/mol. The number of hydrogen-bond donors (Lipinski definition) is 1. The van der Waals surface area contributed by atoms with Crippen molar-refractivity contribution in [3.05, 3.63) is 45.3 Å². The number of allylic oxidation sites excluding steroid dienone is 5. The van der Waals surface area contributed by atoms with Gasteiger partial charge in [-0.2, -0.15) is 10.1 Å². The van der Waals surface area contributed by atoms with E-state index in [1.807, 2.05) is 18.7 Å². The molecule has 1 aromatic rings. The Morgan fingerprint density at radius 3 is 2.81 bits per heavy atom. The van der Waals surface area contributed by atoms with Crippen molar-refractivity contribution in [3.63, 3.8) is 0 Å². The molecule has 140 valence electrons. The van der Waals surface area contributed by atoms with Crippen LogP contribution in [0.2, 0.25) is 0 Å². The van der Waals surface area contributed by atoms with Gasteiger partial charge in [0.25, 0.3) is 0 Å². The van der Waals surface area contributed by atoms with Crippen molar-refractivity contribution in [3.8, 4) is 0 Å². The maximum Gasteiger partial charge on any atom is 0.245 e. The van der Waals surface area contributed by atoms with Crippen molar-refractivity contribution in [2.45, 2.75) is 13.8 Å².